The minimum atomic E-state index is -3.76. The number of benzene rings is 2. The van der Waals surface area contributed by atoms with Crippen molar-refractivity contribution in [2.45, 2.75) is 63.5 Å². The molecule has 0 spiro atoms. The standard InChI is InChI=1S/C23H31NO5S/c1-18-13-15-20(16-14-18)30(26,27)28-17-9-8-12-21(19-10-6-5-7-11-19)24-22(25)29-23(2,3)4/h5-7,10-11,13-16,21H,8-9,12,17H2,1-4H3,(H,24,25). The van der Waals surface area contributed by atoms with E-state index < -0.39 is 21.8 Å². The lowest BCUT2D eigenvalue weighted by molar-refractivity contribution is 0.0500. The minimum absolute atomic E-state index is 0.0875. The molecule has 6 nitrogen and oxygen atoms in total. The second-order valence-electron chi connectivity index (χ2n) is 8.19. The number of amides is 1. The van der Waals surface area contributed by atoms with Crippen molar-refractivity contribution in [2.75, 3.05) is 6.61 Å². The fourth-order valence-corrected chi connectivity index (χ4v) is 3.79. The molecule has 164 valence electrons. The van der Waals surface area contributed by atoms with Crippen molar-refractivity contribution in [1.29, 1.82) is 0 Å². The molecule has 1 unspecified atom stereocenters. The Hall–Kier alpha value is -2.38. The Morgan fingerprint density at radius 3 is 2.23 bits per heavy atom. The summed E-state index contributed by atoms with van der Waals surface area (Å²) in [4.78, 5) is 12.4. The topological polar surface area (TPSA) is 81.7 Å². The summed E-state index contributed by atoms with van der Waals surface area (Å²) >= 11 is 0. The van der Waals surface area contributed by atoms with Crippen LogP contribution in [0.3, 0.4) is 0 Å². The molecule has 30 heavy (non-hydrogen) atoms. The van der Waals surface area contributed by atoms with Crippen LogP contribution in [0.1, 0.15) is 57.2 Å². The lowest BCUT2D eigenvalue weighted by Gasteiger charge is -2.24. The first-order valence-corrected chi connectivity index (χ1v) is 11.5. The summed E-state index contributed by atoms with van der Waals surface area (Å²) in [5, 5.41) is 2.91. The maximum atomic E-state index is 12.2. The predicted molar refractivity (Wildman–Crippen MR) is 117 cm³/mol. The van der Waals surface area contributed by atoms with Gasteiger partial charge in [-0.3, -0.25) is 4.18 Å². The molecule has 1 amide bonds. The van der Waals surface area contributed by atoms with Crippen molar-refractivity contribution >= 4 is 16.2 Å². The van der Waals surface area contributed by atoms with E-state index in [0.29, 0.717) is 19.3 Å². The van der Waals surface area contributed by atoms with Crippen LogP contribution in [-0.2, 0) is 19.0 Å². The fourth-order valence-electron chi connectivity index (χ4n) is 2.85. The Morgan fingerprint density at radius 2 is 1.63 bits per heavy atom. The Kier molecular flexibility index (Phi) is 8.43. The molecule has 0 saturated heterocycles. The van der Waals surface area contributed by atoms with Crippen molar-refractivity contribution in [3.63, 3.8) is 0 Å². The van der Waals surface area contributed by atoms with Gasteiger partial charge in [0.1, 0.15) is 5.60 Å². The van der Waals surface area contributed by atoms with Gasteiger partial charge in [-0.05, 0) is 64.7 Å². The zero-order valence-corrected chi connectivity index (χ0v) is 18.9. The van der Waals surface area contributed by atoms with Crippen LogP contribution in [0.4, 0.5) is 4.79 Å². The van der Waals surface area contributed by atoms with Gasteiger partial charge in [-0.15, -0.1) is 0 Å². The third kappa shape index (κ3) is 8.16. The van der Waals surface area contributed by atoms with Gasteiger partial charge >= 0.3 is 6.09 Å². The monoisotopic (exact) mass is 433 g/mol. The summed E-state index contributed by atoms with van der Waals surface area (Å²) in [6.45, 7) is 7.43. The maximum absolute atomic E-state index is 12.2. The molecule has 0 aliphatic heterocycles. The molecule has 0 aliphatic carbocycles. The molecule has 0 aliphatic rings. The SMILES string of the molecule is Cc1ccc(S(=O)(=O)OCCCCC(NC(=O)OC(C)(C)C)c2ccccc2)cc1. The van der Waals surface area contributed by atoms with E-state index in [0.717, 1.165) is 11.1 Å². The Bertz CT molecular complexity index is 903. The zero-order valence-electron chi connectivity index (χ0n) is 18.1. The van der Waals surface area contributed by atoms with Gasteiger partial charge in [0.2, 0.25) is 0 Å². The lowest BCUT2D eigenvalue weighted by Crippen LogP contribution is -2.35. The van der Waals surface area contributed by atoms with Gasteiger partial charge in [-0.25, -0.2) is 4.79 Å². The van der Waals surface area contributed by atoms with Crippen LogP contribution < -0.4 is 5.32 Å². The van der Waals surface area contributed by atoms with Gasteiger partial charge in [0.05, 0.1) is 17.5 Å². The first-order valence-electron chi connectivity index (χ1n) is 10.1. The van der Waals surface area contributed by atoms with Crippen LogP contribution in [0, 0.1) is 6.92 Å². The number of carbonyl (C=O) groups excluding carboxylic acids is 1. The van der Waals surface area contributed by atoms with E-state index in [1.165, 1.54) is 0 Å². The number of nitrogens with one attached hydrogen (secondary N) is 1. The number of aryl methyl sites for hydroxylation is 1. The number of ether oxygens (including phenoxy) is 1. The summed E-state index contributed by atoms with van der Waals surface area (Å²) in [5.41, 5.74) is 1.37. The Labute approximate surface area is 179 Å². The van der Waals surface area contributed by atoms with Crippen LogP contribution in [0.5, 0.6) is 0 Å². The second kappa shape index (κ2) is 10.6. The predicted octanol–water partition coefficient (Wildman–Crippen LogP) is 5.14. The molecule has 0 radical (unpaired) electrons. The second-order valence-corrected chi connectivity index (χ2v) is 9.81. The highest BCUT2D eigenvalue weighted by atomic mass is 32.2. The molecule has 0 fully saturated rings. The van der Waals surface area contributed by atoms with Crippen LogP contribution in [0.15, 0.2) is 59.5 Å². The highest BCUT2D eigenvalue weighted by Gasteiger charge is 2.20. The van der Waals surface area contributed by atoms with E-state index in [1.54, 1.807) is 24.3 Å². The van der Waals surface area contributed by atoms with E-state index in [-0.39, 0.29) is 17.5 Å². The van der Waals surface area contributed by atoms with Crippen LogP contribution in [0.2, 0.25) is 0 Å². The smallest absolute Gasteiger partial charge is 0.408 e. The molecule has 2 rings (SSSR count). The summed E-state index contributed by atoms with van der Waals surface area (Å²) < 4.78 is 35.0. The number of unbranched alkanes of at least 4 members (excludes halogenated alkanes) is 1. The summed E-state index contributed by atoms with van der Waals surface area (Å²) in [5.74, 6) is 0. The van der Waals surface area contributed by atoms with Crippen molar-refractivity contribution in [3.8, 4) is 0 Å². The largest absolute Gasteiger partial charge is 0.444 e. The van der Waals surface area contributed by atoms with Crippen LogP contribution in [-0.4, -0.2) is 26.7 Å². The molecule has 2 aromatic rings. The number of rotatable bonds is 9. The third-order valence-corrected chi connectivity index (χ3v) is 5.65. The summed E-state index contributed by atoms with van der Waals surface area (Å²) in [7, 11) is -3.76. The van der Waals surface area contributed by atoms with Crippen molar-refractivity contribution in [3.05, 3.63) is 65.7 Å². The van der Waals surface area contributed by atoms with Crippen molar-refractivity contribution in [2.24, 2.45) is 0 Å². The third-order valence-electron chi connectivity index (χ3n) is 4.33. The van der Waals surface area contributed by atoms with Crippen molar-refractivity contribution in [1.82, 2.24) is 5.32 Å². The zero-order chi connectivity index (χ0) is 22.2. The first kappa shape index (κ1) is 23.9. The number of alkyl carbamates (subject to hydrolysis) is 1. The molecule has 0 heterocycles. The van der Waals surface area contributed by atoms with Gasteiger partial charge < -0.3 is 10.1 Å². The molecule has 0 aromatic heterocycles. The quantitative estimate of drug-likeness (QED) is 0.438. The molecule has 7 heteroatoms. The first-order chi connectivity index (χ1) is 14.1. The molecule has 2 aromatic carbocycles. The highest BCUT2D eigenvalue weighted by Crippen LogP contribution is 2.21. The summed E-state index contributed by atoms with van der Waals surface area (Å²) in [6.07, 6.45) is 1.38. The molecule has 1 N–H and O–H groups in total. The number of hydrogen-bond acceptors (Lipinski definition) is 5. The van der Waals surface area contributed by atoms with Gasteiger partial charge in [-0.2, -0.15) is 8.42 Å². The maximum Gasteiger partial charge on any atom is 0.408 e. The molecule has 0 bridgehead atoms. The summed E-state index contributed by atoms with van der Waals surface area (Å²) in [6, 6.07) is 16.0. The fraction of sp³-hybridized carbons (Fsp3) is 0.435. The Morgan fingerprint density at radius 1 is 1.00 bits per heavy atom. The van der Waals surface area contributed by atoms with Gasteiger partial charge in [-0.1, -0.05) is 48.0 Å². The van der Waals surface area contributed by atoms with E-state index in [9.17, 15) is 13.2 Å². The van der Waals surface area contributed by atoms with Crippen LogP contribution >= 0.6 is 0 Å². The van der Waals surface area contributed by atoms with E-state index >= 15 is 0 Å². The lowest BCUT2D eigenvalue weighted by atomic mass is 10.0. The minimum Gasteiger partial charge on any atom is -0.444 e. The highest BCUT2D eigenvalue weighted by molar-refractivity contribution is 7.86. The van der Waals surface area contributed by atoms with E-state index in [4.69, 9.17) is 8.92 Å². The molecular formula is C23H31NO5S. The Balaban J connectivity index is 1.88. The van der Waals surface area contributed by atoms with Gasteiger partial charge in [0.15, 0.2) is 0 Å². The molecule has 1 atom stereocenters. The van der Waals surface area contributed by atoms with Gasteiger partial charge in [0, 0.05) is 0 Å². The number of carbonyl (C=O) groups is 1. The van der Waals surface area contributed by atoms with Gasteiger partial charge in [0.25, 0.3) is 10.1 Å². The van der Waals surface area contributed by atoms with E-state index in [2.05, 4.69) is 5.32 Å². The molecular weight excluding hydrogens is 402 g/mol. The normalized spacial score (nSPS) is 12.9. The average molecular weight is 434 g/mol. The van der Waals surface area contributed by atoms with E-state index in [1.807, 2.05) is 58.0 Å². The average Bonchev–Trinajstić information content (AvgIpc) is 2.66. The van der Waals surface area contributed by atoms with Crippen molar-refractivity contribution < 1.29 is 22.1 Å². The number of hydrogen-bond donors (Lipinski definition) is 1. The molecule has 0 saturated carbocycles. The van der Waals surface area contributed by atoms with Crippen LogP contribution in [0.25, 0.3) is 0 Å².